The first kappa shape index (κ1) is 11.5. The van der Waals surface area contributed by atoms with Crippen molar-refractivity contribution in [3.63, 3.8) is 0 Å². The maximum Gasteiger partial charge on any atom is 0.246 e. The molecule has 0 heterocycles. The normalized spacial score (nSPS) is 12.1. The van der Waals surface area contributed by atoms with Crippen molar-refractivity contribution in [2.24, 2.45) is 0 Å². The molecule has 0 radical (unpaired) electrons. The first-order valence-corrected chi connectivity index (χ1v) is 5.79. The van der Waals surface area contributed by atoms with Gasteiger partial charge in [-0.3, -0.25) is 0 Å². The van der Waals surface area contributed by atoms with E-state index in [1.54, 1.807) is 0 Å². The van der Waals surface area contributed by atoms with Crippen LogP contribution in [0.25, 0.3) is 15.6 Å². The van der Waals surface area contributed by atoms with Crippen molar-refractivity contribution in [2.75, 3.05) is 6.61 Å². The molecule has 0 amide bonds. The Morgan fingerprint density at radius 1 is 1.18 bits per heavy atom. The standard InChI is InChI=1S/C15H15NO/c1-4-17-15-10-9-12(11(2)16-3)13-7-5-6-8-14(13)15/h5-11H,4H2,1-2H3. The van der Waals surface area contributed by atoms with Gasteiger partial charge >= 0.3 is 0 Å². The van der Waals surface area contributed by atoms with Crippen LogP contribution in [0.4, 0.5) is 0 Å². The summed E-state index contributed by atoms with van der Waals surface area (Å²) in [7, 11) is 0. The Morgan fingerprint density at radius 3 is 2.53 bits per heavy atom. The van der Waals surface area contributed by atoms with Crippen molar-refractivity contribution in [3.8, 4) is 5.75 Å². The fourth-order valence-electron chi connectivity index (χ4n) is 2.01. The Bertz CT molecular complexity index is 569. The van der Waals surface area contributed by atoms with Gasteiger partial charge in [0.15, 0.2) is 0 Å². The number of fused-ring (bicyclic) bond motifs is 1. The molecule has 0 saturated heterocycles. The molecule has 1 atom stereocenters. The number of benzene rings is 2. The molecule has 2 aromatic carbocycles. The van der Waals surface area contributed by atoms with Crippen molar-refractivity contribution < 1.29 is 4.74 Å². The van der Waals surface area contributed by atoms with Crippen molar-refractivity contribution in [2.45, 2.75) is 19.9 Å². The third kappa shape index (κ3) is 2.09. The summed E-state index contributed by atoms with van der Waals surface area (Å²) in [5.74, 6) is 0.893. The highest BCUT2D eigenvalue weighted by Crippen LogP contribution is 2.32. The second-order valence-electron chi connectivity index (χ2n) is 3.94. The summed E-state index contributed by atoms with van der Waals surface area (Å²) in [6.45, 7) is 11.7. The van der Waals surface area contributed by atoms with Crippen LogP contribution < -0.4 is 4.74 Å². The van der Waals surface area contributed by atoms with Gasteiger partial charge in [-0.15, -0.1) is 0 Å². The second kappa shape index (κ2) is 4.88. The lowest BCUT2D eigenvalue weighted by molar-refractivity contribution is 0.344. The quantitative estimate of drug-likeness (QED) is 0.713. The lowest BCUT2D eigenvalue weighted by Crippen LogP contribution is -1.95. The average Bonchev–Trinajstić information content (AvgIpc) is 2.38. The molecule has 0 saturated carbocycles. The molecule has 0 aliphatic carbocycles. The maximum atomic E-state index is 7.15. The second-order valence-corrected chi connectivity index (χ2v) is 3.94. The lowest BCUT2D eigenvalue weighted by atomic mass is 9.99. The summed E-state index contributed by atoms with van der Waals surface area (Å²) >= 11 is 0. The van der Waals surface area contributed by atoms with Crippen LogP contribution in [0, 0.1) is 6.57 Å². The van der Waals surface area contributed by atoms with Crippen LogP contribution in [0.5, 0.6) is 5.75 Å². The summed E-state index contributed by atoms with van der Waals surface area (Å²) in [4.78, 5) is 3.59. The van der Waals surface area contributed by atoms with Crippen molar-refractivity contribution in [1.29, 1.82) is 0 Å². The predicted molar refractivity (Wildman–Crippen MR) is 70.1 cm³/mol. The van der Waals surface area contributed by atoms with Crippen LogP contribution in [0.2, 0.25) is 0 Å². The highest BCUT2D eigenvalue weighted by molar-refractivity contribution is 5.91. The number of rotatable bonds is 3. The van der Waals surface area contributed by atoms with Crippen molar-refractivity contribution in [3.05, 3.63) is 53.4 Å². The molecule has 1 unspecified atom stereocenters. The Labute approximate surface area is 102 Å². The van der Waals surface area contributed by atoms with Crippen LogP contribution in [0.1, 0.15) is 25.5 Å². The highest BCUT2D eigenvalue weighted by Gasteiger charge is 2.14. The first-order valence-electron chi connectivity index (χ1n) is 5.79. The van der Waals surface area contributed by atoms with Gasteiger partial charge in [-0.25, -0.2) is 6.57 Å². The summed E-state index contributed by atoms with van der Waals surface area (Å²) in [5.41, 5.74) is 1.07. The smallest absolute Gasteiger partial charge is 0.246 e. The molecule has 2 heteroatoms. The van der Waals surface area contributed by atoms with E-state index >= 15 is 0 Å². The van der Waals surface area contributed by atoms with Crippen molar-refractivity contribution in [1.82, 2.24) is 0 Å². The third-order valence-electron chi connectivity index (χ3n) is 2.86. The van der Waals surface area contributed by atoms with E-state index in [2.05, 4.69) is 10.9 Å². The average molecular weight is 225 g/mol. The number of hydrogen-bond acceptors (Lipinski definition) is 1. The zero-order chi connectivity index (χ0) is 12.3. The number of ether oxygens (including phenoxy) is 1. The zero-order valence-corrected chi connectivity index (χ0v) is 10.1. The fraction of sp³-hybridized carbons (Fsp3) is 0.267. The van der Waals surface area contributed by atoms with E-state index in [0.29, 0.717) is 6.61 Å². The van der Waals surface area contributed by atoms with Crippen LogP contribution >= 0.6 is 0 Å². The van der Waals surface area contributed by atoms with Crippen LogP contribution in [0.3, 0.4) is 0 Å². The van der Waals surface area contributed by atoms with Gasteiger partial charge in [-0.1, -0.05) is 24.3 Å². The topological polar surface area (TPSA) is 13.6 Å². The van der Waals surface area contributed by atoms with Gasteiger partial charge in [-0.2, -0.15) is 0 Å². The molecule has 2 rings (SSSR count). The number of hydrogen-bond donors (Lipinski definition) is 0. The summed E-state index contributed by atoms with van der Waals surface area (Å²) in [6, 6.07) is 11.9. The highest BCUT2D eigenvalue weighted by atomic mass is 16.5. The Kier molecular flexibility index (Phi) is 3.30. The molecule has 0 spiro atoms. The van der Waals surface area contributed by atoms with Gasteiger partial charge in [0.05, 0.1) is 6.61 Å². The zero-order valence-electron chi connectivity index (χ0n) is 10.1. The van der Waals surface area contributed by atoms with Gasteiger partial charge in [0.2, 0.25) is 6.04 Å². The van der Waals surface area contributed by atoms with E-state index in [4.69, 9.17) is 11.3 Å². The van der Waals surface area contributed by atoms with Crippen molar-refractivity contribution >= 4 is 10.8 Å². The fourth-order valence-corrected chi connectivity index (χ4v) is 2.01. The molecule has 0 fully saturated rings. The van der Waals surface area contributed by atoms with Crippen LogP contribution in [-0.4, -0.2) is 6.61 Å². The summed E-state index contributed by atoms with van der Waals surface area (Å²) in [6.07, 6.45) is 0. The monoisotopic (exact) mass is 225 g/mol. The Balaban J connectivity index is 2.67. The van der Waals surface area contributed by atoms with E-state index in [-0.39, 0.29) is 6.04 Å². The van der Waals surface area contributed by atoms with E-state index in [9.17, 15) is 0 Å². The van der Waals surface area contributed by atoms with Crippen LogP contribution in [-0.2, 0) is 0 Å². The summed E-state index contributed by atoms with van der Waals surface area (Å²) < 4.78 is 5.61. The van der Waals surface area contributed by atoms with Gasteiger partial charge < -0.3 is 9.58 Å². The molecule has 2 nitrogen and oxygen atoms in total. The van der Waals surface area contributed by atoms with E-state index in [1.807, 2.05) is 44.2 Å². The van der Waals surface area contributed by atoms with Gasteiger partial charge in [0, 0.05) is 17.9 Å². The first-order chi connectivity index (χ1) is 8.27. The van der Waals surface area contributed by atoms with Gasteiger partial charge in [0.1, 0.15) is 5.75 Å². The minimum absolute atomic E-state index is 0.115. The minimum Gasteiger partial charge on any atom is -0.493 e. The molecule has 0 N–H and O–H groups in total. The molecule has 0 aliphatic rings. The number of nitrogens with zero attached hydrogens (tertiary/aromatic N) is 1. The minimum atomic E-state index is -0.115. The summed E-state index contributed by atoms with van der Waals surface area (Å²) in [5, 5.41) is 2.20. The van der Waals surface area contributed by atoms with E-state index < -0.39 is 0 Å². The van der Waals surface area contributed by atoms with Gasteiger partial charge in [0.25, 0.3) is 0 Å². The predicted octanol–water partition coefficient (Wildman–Crippen LogP) is 4.22. The molecular weight excluding hydrogens is 210 g/mol. The Morgan fingerprint density at radius 2 is 1.88 bits per heavy atom. The third-order valence-corrected chi connectivity index (χ3v) is 2.86. The molecule has 86 valence electrons. The molecule has 17 heavy (non-hydrogen) atoms. The van der Waals surface area contributed by atoms with Gasteiger partial charge in [-0.05, 0) is 24.4 Å². The maximum absolute atomic E-state index is 7.15. The van der Waals surface area contributed by atoms with E-state index in [0.717, 1.165) is 22.1 Å². The SMILES string of the molecule is [C-]#[N+]C(C)c1ccc(OCC)c2ccccc12. The Hall–Kier alpha value is -2.01. The largest absolute Gasteiger partial charge is 0.493 e. The molecule has 0 aliphatic heterocycles. The van der Waals surface area contributed by atoms with E-state index in [1.165, 1.54) is 0 Å². The lowest BCUT2D eigenvalue weighted by Gasteiger charge is -2.10. The van der Waals surface area contributed by atoms with Crippen LogP contribution in [0.15, 0.2) is 36.4 Å². The molecular formula is C15H15NO. The molecule has 2 aromatic rings. The molecule has 0 aromatic heterocycles. The molecule has 0 bridgehead atoms.